The predicted octanol–water partition coefficient (Wildman–Crippen LogP) is -1.62. The maximum atomic E-state index is 11.2. The van der Waals surface area contributed by atoms with Gasteiger partial charge >= 0.3 is 0 Å². The SMILES string of the molecule is O=S1(=O)CCCN1C(CO)CO. The van der Waals surface area contributed by atoms with Crippen LogP contribution in [0.3, 0.4) is 0 Å². The summed E-state index contributed by atoms with van der Waals surface area (Å²) in [5, 5.41) is 17.5. The molecule has 1 aliphatic rings. The van der Waals surface area contributed by atoms with E-state index in [-0.39, 0.29) is 19.0 Å². The molecule has 0 aliphatic carbocycles. The molecule has 0 radical (unpaired) electrons. The maximum Gasteiger partial charge on any atom is 0.214 e. The van der Waals surface area contributed by atoms with Gasteiger partial charge in [-0.05, 0) is 6.42 Å². The monoisotopic (exact) mass is 195 g/mol. The van der Waals surface area contributed by atoms with Crippen molar-refractivity contribution in [2.45, 2.75) is 12.5 Å². The van der Waals surface area contributed by atoms with Crippen molar-refractivity contribution in [2.75, 3.05) is 25.5 Å². The summed E-state index contributed by atoms with van der Waals surface area (Å²) in [5.74, 6) is 0.128. The first-order chi connectivity index (χ1) is 5.61. The van der Waals surface area contributed by atoms with Gasteiger partial charge in [0.15, 0.2) is 0 Å². The van der Waals surface area contributed by atoms with Gasteiger partial charge in [-0.2, -0.15) is 4.31 Å². The molecule has 0 aromatic rings. The Kier molecular flexibility index (Phi) is 3.05. The fraction of sp³-hybridized carbons (Fsp3) is 1.00. The van der Waals surface area contributed by atoms with Crippen LogP contribution in [0.5, 0.6) is 0 Å². The van der Waals surface area contributed by atoms with E-state index in [0.717, 1.165) is 0 Å². The summed E-state index contributed by atoms with van der Waals surface area (Å²) in [7, 11) is -3.20. The predicted molar refractivity (Wildman–Crippen MR) is 43.1 cm³/mol. The Hall–Kier alpha value is -0.170. The number of hydrogen-bond donors (Lipinski definition) is 2. The van der Waals surface area contributed by atoms with Crippen LogP contribution in [0.15, 0.2) is 0 Å². The molecule has 0 spiro atoms. The number of nitrogens with zero attached hydrogens (tertiary/aromatic N) is 1. The molecule has 0 aromatic heterocycles. The van der Waals surface area contributed by atoms with Crippen LogP contribution in [0.4, 0.5) is 0 Å². The lowest BCUT2D eigenvalue weighted by atomic mass is 10.3. The highest BCUT2D eigenvalue weighted by Crippen LogP contribution is 2.16. The van der Waals surface area contributed by atoms with Crippen LogP contribution in [0.25, 0.3) is 0 Å². The second-order valence-electron chi connectivity index (χ2n) is 2.80. The van der Waals surface area contributed by atoms with Crippen molar-refractivity contribution in [1.82, 2.24) is 4.31 Å². The van der Waals surface area contributed by atoms with Gasteiger partial charge in [0.1, 0.15) is 0 Å². The number of sulfonamides is 1. The third-order valence-corrected chi connectivity index (χ3v) is 3.97. The molecule has 0 aromatic carbocycles. The Balaban J connectivity index is 2.74. The standard InChI is InChI=1S/C6H13NO4S/c8-4-6(5-9)7-2-1-3-12(7,10)11/h6,8-9H,1-5H2. The van der Waals surface area contributed by atoms with Crippen molar-refractivity contribution in [2.24, 2.45) is 0 Å². The van der Waals surface area contributed by atoms with Crippen molar-refractivity contribution < 1.29 is 18.6 Å². The lowest BCUT2D eigenvalue weighted by Crippen LogP contribution is -2.41. The van der Waals surface area contributed by atoms with Gasteiger partial charge < -0.3 is 10.2 Å². The van der Waals surface area contributed by atoms with E-state index >= 15 is 0 Å². The van der Waals surface area contributed by atoms with E-state index in [1.165, 1.54) is 4.31 Å². The van der Waals surface area contributed by atoms with Crippen molar-refractivity contribution in [3.05, 3.63) is 0 Å². The van der Waals surface area contributed by atoms with E-state index in [1.807, 2.05) is 0 Å². The Morgan fingerprint density at radius 2 is 1.92 bits per heavy atom. The molecule has 12 heavy (non-hydrogen) atoms. The summed E-state index contributed by atoms with van der Waals surface area (Å²) < 4.78 is 23.6. The van der Waals surface area contributed by atoms with Crippen LogP contribution >= 0.6 is 0 Å². The minimum Gasteiger partial charge on any atom is -0.395 e. The van der Waals surface area contributed by atoms with Crippen molar-refractivity contribution in [3.63, 3.8) is 0 Å². The van der Waals surface area contributed by atoms with Gasteiger partial charge in [-0.1, -0.05) is 0 Å². The Morgan fingerprint density at radius 3 is 2.25 bits per heavy atom. The molecule has 1 heterocycles. The zero-order valence-electron chi connectivity index (χ0n) is 6.68. The molecule has 0 bridgehead atoms. The lowest BCUT2D eigenvalue weighted by molar-refractivity contribution is 0.128. The number of rotatable bonds is 3. The van der Waals surface area contributed by atoms with Gasteiger partial charge in [0.05, 0.1) is 25.0 Å². The second-order valence-corrected chi connectivity index (χ2v) is 4.84. The normalized spacial score (nSPS) is 23.6. The summed E-state index contributed by atoms with van der Waals surface area (Å²) in [6, 6.07) is -0.655. The fourth-order valence-electron chi connectivity index (χ4n) is 1.31. The fourth-order valence-corrected chi connectivity index (χ4v) is 3.03. The van der Waals surface area contributed by atoms with Crippen molar-refractivity contribution in [1.29, 1.82) is 0 Å². The summed E-state index contributed by atoms with van der Waals surface area (Å²) in [6.07, 6.45) is 0.582. The molecular formula is C6H13NO4S. The largest absolute Gasteiger partial charge is 0.395 e. The van der Waals surface area contributed by atoms with Gasteiger partial charge in [-0.15, -0.1) is 0 Å². The molecule has 1 aliphatic heterocycles. The summed E-state index contributed by atoms with van der Waals surface area (Å²) in [5.41, 5.74) is 0. The van der Waals surface area contributed by atoms with Crippen LogP contribution in [-0.2, 0) is 10.0 Å². The highest BCUT2D eigenvalue weighted by molar-refractivity contribution is 7.89. The summed E-state index contributed by atoms with van der Waals surface area (Å²) >= 11 is 0. The minimum atomic E-state index is -3.20. The van der Waals surface area contributed by atoms with Gasteiger partial charge in [0.25, 0.3) is 0 Å². The Bertz CT molecular complexity index is 234. The molecule has 6 heteroatoms. The number of hydrogen-bond acceptors (Lipinski definition) is 4. The highest BCUT2D eigenvalue weighted by atomic mass is 32.2. The molecule has 0 unspecified atom stereocenters. The van der Waals surface area contributed by atoms with Crippen LogP contribution < -0.4 is 0 Å². The van der Waals surface area contributed by atoms with Crippen molar-refractivity contribution in [3.8, 4) is 0 Å². The van der Waals surface area contributed by atoms with Gasteiger partial charge in [0, 0.05) is 6.54 Å². The average molecular weight is 195 g/mol. The molecule has 0 atom stereocenters. The van der Waals surface area contributed by atoms with E-state index in [4.69, 9.17) is 10.2 Å². The van der Waals surface area contributed by atoms with E-state index in [1.54, 1.807) is 0 Å². The molecular weight excluding hydrogens is 182 g/mol. The topological polar surface area (TPSA) is 77.8 Å². The summed E-state index contributed by atoms with van der Waals surface area (Å²) in [6.45, 7) is -0.237. The molecule has 0 saturated carbocycles. The van der Waals surface area contributed by atoms with Crippen molar-refractivity contribution >= 4 is 10.0 Å². The molecule has 2 N–H and O–H groups in total. The quantitative estimate of drug-likeness (QED) is 0.567. The molecule has 0 amide bonds. The van der Waals surface area contributed by atoms with E-state index < -0.39 is 16.1 Å². The zero-order valence-corrected chi connectivity index (χ0v) is 7.50. The Morgan fingerprint density at radius 1 is 1.33 bits per heavy atom. The number of aliphatic hydroxyl groups excluding tert-OH is 2. The first-order valence-corrected chi connectivity index (χ1v) is 5.44. The Labute approximate surface area is 71.7 Å². The van der Waals surface area contributed by atoms with E-state index in [2.05, 4.69) is 0 Å². The van der Waals surface area contributed by atoms with Gasteiger partial charge in [-0.3, -0.25) is 0 Å². The van der Waals surface area contributed by atoms with E-state index in [9.17, 15) is 8.42 Å². The maximum absolute atomic E-state index is 11.2. The highest BCUT2D eigenvalue weighted by Gasteiger charge is 2.33. The van der Waals surface area contributed by atoms with Gasteiger partial charge in [0.2, 0.25) is 10.0 Å². The minimum absolute atomic E-state index is 0.128. The first-order valence-electron chi connectivity index (χ1n) is 3.83. The van der Waals surface area contributed by atoms with Gasteiger partial charge in [-0.25, -0.2) is 8.42 Å². The molecule has 1 fully saturated rings. The molecule has 72 valence electrons. The van der Waals surface area contributed by atoms with Crippen LogP contribution in [0, 0.1) is 0 Å². The lowest BCUT2D eigenvalue weighted by Gasteiger charge is -2.22. The number of aliphatic hydroxyl groups is 2. The van der Waals surface area contributed by atoms with Crippen LogP contribution in [0.1, 0.15) is 6.42 Å². The second kappa shape index (κ2) is 3.69. The average Bonchev–Trinajstić information content (AvgIpc) is 2.34. The molecule has 1 rings (SSSR count). The first kappa shape index (κ1) is 9.91. The smallest absolute Gasteiger partial charge is 0.214 e. The molecule has 5 nitrogen and oxygen atoms in total. The molecule has 1 saturated heterocycles. The van der Waals surface area contributed by atoms with Crippen LogP contribution in [0.2, 0.25) is 0 Å². The third kappa shape index (κ3) is 1.77. The third-order valence-electron chi connectivity index (χ3n) is 1.97. The zero-order chi connectivity index (χ0) is 9.19. The van der Waals surface area contributed by atoms with Crippen LogP contribution in [-0.4, -0.2) is 54.5 Å². The van der Waals surface area contributed by atoms with E-state index in [0.29, 0.717) is 13.0 Å². The summed E-state index contributed by atoms with van der Waals surface area (Å²) in [4.78, 5) is 0.